The fourth-order valence-electron chi connectivity index (χ4n) is 2.06. The highest BCUT2D eigenvalue weighted by atomic mass is 35.5. The normalized spacial score (nSPS) is 13.3. The Morgan fingerprint density at radius 3 is 2.14 bits per heavy atom. The van der Waals surface area contributed by atoms with Crippen molar-refractivity contribution >= 4 is 52.1 Å². The van der Waals surface area contributed by atoms with Crippen LogP contribution in [0.2, 0.25) is 20.1 Å². The molecule has 0 saturated heterocycles. The van der Waals surface area contributed by atoms with Crippen LogP contribution in [0, 0.1) is 0 Å². The third kappa shape index (κ3) is 3.73. The second-order valence-electron chi connectivity index (χ2n) is 4.63. The summed E-state index contributed by atoms with van der Waals surface area (Å²) < 4.78 is 0. The molecule has 0 N–H and O–H groups in total. The van der Waals surface area contributed by atoms with Gasteiger partial charge in [-0.3, -0.25) is 4.99 Å². The second kappa shape index (κ2) is 7.02. The van der Waals surface area contributed by atoms with Gasteiger partial charge in [-0.05, 0) is 31.5 Å². The summed E-state index contributed by atoms with van der Waals surface area (Å²) in [4.78, 5) is 4.65. The molecule has 0 saturated carbocycles. The van der Waals surface area contributed by atoms with Crippen molar-refractivity contribution in [2.24, 2.45) is 4.99 Å². The molecule has 1 atom stereocenters. The highest BCUT2D eigenvalue weighted by Gasteiger charge is 2.13. The molecule has 0 bridgehead atoms. The number of rotatable bonds is 3. The fourth-order valence-corrected chi connectivity index (χ4v) is 2.96. The van der Waals surface area contributed by atoms with Crippen molar-refractivity contribution in [3.63, 3.8) is 0 Å². The maximum Gasteiger partial charge on any atom is 0.0739 e. The number of nitrogens with zero attached hydrogens (tertiary/aromatic N) is 1. The standard InChI is InChI=1S/C16H13Cl4N/c1-9(11-5-3-7-13(17)15(11)19)21-10(2)12-6-4-8-14(18)16(12)20/h3-9H,1-2H3. The van der Waals surface area contributed by atoms with Gasteiger partial charge >= 0.3 is 0 Å². The molecule has 1 unspecified atom stereocenters. The van der Waals surface area contributed by atoms with Crippen molar-refractivity contribution < 1.29 is 0 Å². The van der Waals surface area contributed by atoms with Gasteiger partial charge in [0.2, 0.25) is 0 Å². The third-order valence-electron chi connectivity index (χ3n) is 3.16. The molecule has 0 radical (unpaired) electrons. The number of hydrogen-bond donors (Lipinski definition) is 0. The van der Waals surface area contributed by atoms with E-state index in [1.165, 1.54) is 0 Å². The monoisotopic (exact) mass is 359 g/mol. The van der Waals surface area contributed by atoms with Gasteiger partial charge in [-0.15, -0.1) is 0 Å². The zero-order chi connectivity index (χ0) is 15.6. The predicted molar refractivity (Wildman–Crippen MR) is 93.6 cm³/mol. The first-order valence-corrected chi connectivity index (χ1v) is 7.85. The highest BCUT2D eigenvalue weighted by molar-refractivity contribution is 6.44. The molecule has 2 rings (SSSR count). The first-order chi connectivity index (χ1) is 9.91. The van der Waals surface area contributed by atoms with Crippen molar-refractivity contribution in [2.45, 2.75) is 19.9 Å². The van der Waals surface area contributed by atoms with Crippen LogP contribution in [0.5, 0.6) is 0 Å². The quantitative estimate of drug-likeness (QED) is 0.529. The first kappa shape index (κ1) is 16.6. The Morgan fingerprint density at radius 2 is 1.48 bits per heavy atom. The molecule has 5 heteroatoms. The SMILES string of the molecule is CC(=NC(C)c1cccc(Cl)c1Cl)c1cccc(Cl)c1Cl. The lowest BCUT2D eigenvalue weighted by Gasteiger charge is -2.13. The van der Waals surface area contributed by atoms with Crippen LogP contribution in [0.4, 0.5) is 0 Å². The maximum atomic E-state index is 6.23. The van der Waals surface area contributed by atoms with Crippen molar-refractivity contribution in [1.29, 1.82) is 0 Å². The molecule has 0 aliphatic rings. The predicted octanol–water partition coefficient (Wildman–Crippen LogP) is 6.87. The Morgan fingerprint density at radius 1 is 0.905 bits per heavy atom. The maximum absolute atomic E-state index is 6.23. The van der Waals surface area contributed by atoms with Crippen molar-refractivity contribution in [3.8, 4) is 0 Å². The molecule has 2 aromatic rings. The van der Waals surface area contributed by atoms with Crippen LogP contribution >= 0.6 is 46.4 Å². The molecule has 0 spiro atoms. The molecule has 2 aromatic carbocycles. The van der Waals surface area contributed by atoms with Crippen molar-refractivity contribution in [1.82, 2.24) is 0 Å². The van der Waals surface area contributed by atoms with Gasteiger partial charge in [0, 0.05) is 11.3 Å². The van der Waals surface area contributed by atoms with Gasteiger partial charge in [-0.25, -0.2) is 0 Å². The Balaban J connectivity index is 2.38. The highest BCUT2D eigenvalue weighted by Crippen LogP contribution is 2.32. The minimum absolute atomic E-state index is 0.133. The number of benzene rings is 2. The largest absolute Gasteiger partial charge is 0.282 e. The first-order valence-electron chi connectivity index (χ1n) is 6.34. The minimum Gasteiger partial charge on any atom is -0.282 e. The summed E-state index contributed by atoms with van der Waals surface area (Å²) in [7, 11) is 0. The van der Waals surface area contributed by atoms with Crippen molar-refractivity contribution in [3.05, 3.63) is 67.6 Å². The van der Waals surface area contributed by atoms with Crippen LogP contribution in [0.3, 0.4) is 0 Å². The van der Waals surface area contributed by atoms with E-state index in [2.05, 4.69) is 4.99 Å². The van der Waals surface area contributed by atoms with Gasteiger partial charge in [0.05, 0.1) is 26.1 Å². The van der Waals surface area contributed by atoms with E-state index in [-0.39, 0.29) is 6.04 Å². The van der Waals surface area contributed by atoms with Gasteiger partial charge in [0.25, 0.3) is 0 Å². The molecule has 0 aromatic heterocycles. The van der Waals surface area contributed by atoms with E-state index in [1.54, 1.807) is 12.1 Å². The van der Waals surface area contributed by atoms with Gasteiger partial charge < -0.3 is 0 Å². The molecular formula is C16H13Cl4N. The number of hydrogen-bond acceptors (Lipinski definition) is 1. The molecule has 0 amide bonds. The average Bonchev–Trinajstić information content (AvgIpc) is 2.44. The summed E-state index contributed by atoms with van der Waals surface area (Å²) in [5.41, 5.74) is 2.49. The average molecular weight is 361 g/mol. The Kier molecular flexibility index (Phi) is 5.56. The Bertz CT molecular complexity index is 695. The third-order valence-corrected chi connectivity index (χ3v) is 4.81. The van der Waals surface area contributed by atoms with E-state index in [9.17, 15) is 0 Å². The van der Waals surface area contributed by atoms with Gasteiger partial charge in [0.1, 0.15) is 0 Å². The summed E-state index contributed by atoms with van der Waals surface area (Å²) in [5, 5.41) is 2.07. The van der Waals surface area contributed by atoms with Crippen LogP contribution < -0.4 is 0 Å². The summed E-state index contributed by atoms with van der Waals surface area (Å²) in [6.45, 7) is 3.85. The lowest BCUT2D eigenvalue weighted by molar-refractivity contribution is 0.820. The molecule has 0 heterocycles. The summed E-state index contributed by atoms with van der Waals surface area (Å²) in [6.07, 6.45) is 0. The zero-order valence-corrected chi connectivity index (χ0v) is 14.5. The zero-order valence-electron chi connectivity index (χ0n) is 11.5. The summed E-state index contributed by atoms with van der Waals surface area (Å²) in [6, 6.07) is 10.9. The van der Waals surface area contributed by atoms with E-state index in [0.29, 0.717) is 20.1 Å². The van der Waals surface area contributed by atoms with Crippen LogP contribution in [-0.2, 0) is 0 Å². The second-order valence-corrected chi connectivity index (χ2v) is 6.21. The van der Waals surface area contributed by atoms with E-state index in [4.69, 9.17) is 46.4 Å². The van der Waals surface area contributed by atoms with E-state index >= 15 is 0 Å². The minimum atomic E-state index is -0.133. The molecule has 1 nitrogen and oxygen atoms in total. The molecule has 0 aliphatic carbocycles. The van der Waals surface area contributed by atoms with Gasteiger partial charge in [-0.2, -0.15) is 0 Å². The molecule has 0 aliphatic heterocycles. The lowest BCUT2D eigenvalue weighted by atomic mass is 10.1. The van der Waals surface area contributed by atoms with E-state index < -0.39 is 0 Å². The van der Waals surface area contributed by atoms with Crippen LogP contribution in [0.25, 0.3) is 0 Å². The van der Waals surface area contributed by atoms with Crippen LogP contribution in [0.15, 0.2) is 41.4 Å². The fraction of sp³-hybridized carbons (Fsp3) is 0.188. The van der Waals surface area contributed by atoms with Crippen LogP contribution in [0.1, 0.15) is 31.0 Å². The lowest BCUT2D eigenvalue weighted by Crippen LogP contribution is -2.01. The smallest absolute Gasteiger partial charge is 0.0739 e. The Labute approximate surface area is 144 Å². The molecule has 110 valence electrons. The molecular weight excluding hydrogens is 348 g/mol. The number of aliphatic imine (C=N–C) groups is 1. The van der Waals surface area contributed by atoms with Gasteiger partial charge in [0.15, 0.2) is 0 Å². The van der Waals surface area contributed by atoms with Crippen LogP contribution in [-0.4, -0.2) is 5.71 Å². The van der Waals surface area contributed by atoms with E-state index in [1.807, 2.05) is 38.1 Å². The summed E-state index contributed by atoms with van der Waals surface area (Å²) in [5.74, 6) is 0. The molecule has 0 fully saturated rings. The van der Waals surface area contributed by atoms with E-state index in [0.717, 1.165) is 16.8 Å². The topological polar surface area (TPSA) is 12.4 Å². The van der Waals surface area contributed by atoms with Crippen molar-refractivity contribution in [2.75, 3.05) is 0 Å². The Hall–Kier alpha value is -0.730. The number of halogens is 4. The molecule has 21 heavy (non-hydrogen) atoms. The summed E-state index contributed by atoms with van der Waals surface area (Å²) >= 11 is 24.5. The van der Waals surface area contributed by atoms with Gasteiger partial charge in [-0.1, -0.05) is 70.7 Å².